The molecule has 0 unspecified atom stereocenters. The van der Waals surface area contributed by atoms with Crippen LogP contribution in [0.25, 0.3) is 21.6 Å². The van der Waals surface area contributed by atoms with Crippen molar-refractivity contribution in [1.82, 2.24) is 19.9 Å². The molecule has 1 aliphatic heterocycles. The third-order valence-corrected chi connectivity index (χ3v) is 6.80. The van der Waals surface area contributed by atoms with Crippen molar-refractivity contribution in [2.24, 2.45) is 0 Å². The van der Waals surface area contributed by atoms with E-state index in [2.05, 4.69) is 26.3 Å². The number of ether oxygens (including phenoxy) is 1. The third-order valence-electron chi connectivity index (χ3n) is 5.65. The van der Waals surface area contributed by atoms with E-state index in [0.29, 0.717) is 17.4 Å². The predicted molar refractivity (Wildman–Crippen MR) is 128 cm³/mol. The lowest BCUT2D eigenvalue weighted by atomic mass is 10.2. The van der Waals surface area contributed by atoms with Gasteiger partial charge >= 0.3 is 0 Å². The number of hydrogen-bond donors (Lipinski definition) is 2. The molecular weight excluding hydrogens is 420 g/mol. The Bertz CT molecular complexity index is 1260. The maximum atomic E-state index is 9.33. The molecule has 0 atom stereocenters. The highest BCUT2D eigenvalue weighted by Gasteiger charge is 2.15. The zero-order chi connectivity index (χ0) is 21.9. The lowest BCUT2D eigenvalue weighted by Gasteiger charge is -2.15. The summed E-state index contributed by atoms with van der Waals surface area (Å²) < 4.78 is 5.89. The smallest absolute Gasteiger partial charge is 0.229 e. The number of fused-ring (bicyclic) bond motifs is 1. The van der Waals surface area contributed by atoms with Gasteiger partial charge in [-0.15, -0.1) is 11.3 Å². The highest BCUT2D eigenvalue weighted by atomic mass is 32.1. The Balaban J connectivity index is 1.32. The molecule has 7 nitrogen and oxygen atoms in total. The number of thiophene rings is 1. The number of benzene rings is 1. The van der Waals surface area contributed by atoms with Crippen LogP contribution in [0.3, 0.4) is 0 Å². The highest BCUT2D eigenvalue weighted by molar-refractivity contribution is 7.16. The molecular formula is C24H24N6OS. The molecule has 8 heteroatoms. The van der Waals surface area contributed by atoms with Gasteiger partial charge in [-0.2, -0.15) is 10.2 Å². The molecule has 0 saturated carbocycles. The van der Waals surface area contributed by atoms with Crippen LogP contribution in [-0.4, -0.2) is 46.1 Å². The number of rotatable bonds is 7. The fourth-order valence-electron chi connectivity index (χ4n) is 3.96. The molecule has 32 heavy (non-hydrogen) atoms. The Morgan fingerprint density at radius 2 is 2.00 bits per heavy atom. The quantitative estimate of drug-likeness (QED) is 0.413. The highest BCUT2D eigenvalue weighted by Crippen LogP contribution is 2.34. The van der Waals surface area contributed by atoms with Crippen LogP contribution in [0.5, 0.6) is 5.75 Å². The Morgan fingerprint density at radius 3 is 2.75 bits per heavy atom. The average Bonchev–Trinajstić information content (AvgIpc) is 3.55. The van der Waals surface area contributed by atoms with Crippen LogP contribution in [0.1, 0.15) is 23.3 Å². The van der Waals surface area contributed by atoms with E-state index in [0.717, 1.165) is 45.1 Å². The molecule has 0 aliphatic carbocycles. The number of H-pyrrole nitrogens is 1. The van der Waals surface area contributed by atoms with E-state index < -0.39 is 0 Å². The van der Waals surface area contributed by atoms with Gasteiger partial charge < -0.3 is 15.0 Å². The summed E-state index contributed by atoms with van der Waals surface area (Å²) in [5, 5.41) is 13.6. The van der Waals surface area contributed by atoms with Gasteiger partial charge in [-0.3, -0.25) is 4.90 Å². The van der Waals surface area contributed by atoms with Crippen molar-refractivity contribution in [3.05, 3.63) is 53.0 Å². The summed E-state index contributed by atoms with van der Waals surface area (Å²) in [4.78, 5) is 16.6. The topological polar surface area (TPSA) is 89.9 Å². The van der Waals surface area contributed by atoms with Gasteiger partial charge in [0.2, 0.25) is 5.95 Å². The SMILES string of the molecule is Cc1cc(-c2nc(Nc3ccc(OCCN4CCCC4)cc3)nc3[nH]ccc23)sc1C#N. The lowest BCUT2D eigenvalue weighted by Crippen LogP contribution is -2.25. The third kappa shape index (κ3) is 4.31. The molecule has 0 spiro atoms. The van der Waals surface area contributed by atoms with Gasteiger partial charge in [-0.05, 0) is 74.8 Å². The van der Waals surface area contributed by atoms with Crippen LogP contribution < -0.4 is 10.1 Å². The number of nitrogens with zero attached hydrogens (tertiary/aromatic N) is 4. The van der Waals surface area contributed by atoms with Crippen molar-refractivity contribution < 1.29 is 4.74 Å². The van der Waals surface area contributed by atoms with Gasteiger partial charge in [0, 0.05) is 23.8 Å². The fourth-order valence-corrected chi connectivity index (χ4v) is 4.93. The molecule has 2 N–H and O–H groups in total. The molecule has 1 aromatic carbocycles. The van der Waals surface area contributed by atoms with Gasteiger partial charge in [-0.1, -0.05) is 0 Å². The minimum absolute atomic E-state index is 0.502. The Morgan fingerprint density at radius 1 is 1.19 bits per heavy atom. The van der Waals surface area contributed by atoms with E-state index in [1.165, 1.54) is 37.3 Å². The fraction of sp³-hybridized carbons (Fsp3) is 0.292. The van der Waals surface area contributed by atoms with E-state index >= 15 is 0 Å². The lowest BCUT2D eigenvalue weighted by molar-refractivity contribution is 0.238. The summed E-state index contributed by atoms with van der Waals surface area (Å²) in [5.74, 6) is 1.36. The number of anilines is 2. The van der Waals surface area contributed by atoms with Crippen LogP contribution in [0.2, 0.25) is 0 Å². The number of nitrogens with one attached hydrogen (secondary N) is 2. The number of nitriles is 1. The van der Waals surface area contributed by atoms with Crippen molar-refractivity contribution in [3.8, 4) is 22.4 Å². The Labute approximate surface area is 190 Å². The van der Waals surface area contributed by atoms with E-state index in [4.69, 9.17) is 9.72 Å². The summed E-state index contributed by atoms with van der Waals surface area (Å²) in [7, 11) is 0. The maximum Gasteiger partial charge on any atom is 0.229 e. The van der Waals surface area contributed by atoms with Crippen molar-refractivity contribution in [1.29, 1.82) is 5.26 Å². The van der Waals surface area contributed by atoms with E-state index in [9.17, 15) is 5.26 Å². The largest absolute Gasteiger partial charge is 0.492 e. The number of likely N-dealkylation sites (tertiary alicyclic amines) is 1. The van der Waals surface area contributed by atoms with E-state index in [1.807, 2.05) is 49.5 Å². The van der Waals surface area contributed by atoms with Crippen molar-refractivity contribution in [2.75, 3.05) is 31.6 Å². The first kappa shape index (κ1) is 20.5. The number of aromatic amines is 1. The number of hydrogen-bond acceptors (Lipinski definition) is 7. The molecule has 4 aromatic rings. The number of aromatic nitrogens is 3. The minimum atomic E-state index is 0.502. The molecule has 1 aliphatic rings. The van der Waals surface area contributed by atoms with Crippen molar-refractivity contribution >= 4 is 34.0 Å². The second-order valence-corrected chi connectivity index (χ2v) is 8.97. The van der Waals surface area contributed by atoms with Gasteiger partial charge in [0.25, 0.3) is 0 Å². The van der Waals surface area contributed by atoms with E-state index in [1.54, 1.807) is 0 Å². The minimum Gasteiger partial charge on any atom is -0.492 e. The molecule has 3 aromatic heterocycles. The van der Waals surface area contributed by atoms with Gasteiger partial charge in [-0.25, -0.2) is 4.98 Å². The zero-order valence-corrected chi connectivity index (χ0v) is 18.7. The average molecular weight is 445 g/mol. The van der Waals surface area contributed by atoms with Gasteiger partial charge in [0.05, 0.1) is 10.6 Å². The van der Waals surface area contributed by atoms with Crippen molar-refractivity contribution in [3.63, 3.8) is 0 Å². The molecule has 0 bridgehead atoms. The first-order valence-corrected chi connectivity index (χ1v) is 11.6. The summed E-state index contributed by atoms with van der Waals surface area (Å²) in [6, 6.07) is 14.1. The predicted octanol–water partition coefficient (Wildman–Crippen LogP) is 5.08. The Hall–Kier alpha value is -3.41. The molecule has 162 valence electrons. The normalized spacial score (nSPS) is 14.0. The molecule has 1 saturated heterocycles. The molecule has 4 heterocycles. The van der Waals surface area contributed by atoms with Gasteiger partial charge in [0.15, 0.2) is 0 Å². The van der Waals surface area contributed by atoms with Crippen LogP contribution >= 0.6 is 11.3 Å². The first-order chi connectivity index (χ1) is 15.7. The summed E-state index contributed by atoms with van der Waals surface area (Å²) in [6.07, 6.45) is 4.45. The zero-order valence-electron chi connectivity index (χ0n) is 17.9. The molecule has 0 radical (unpaired) electrons. The second kappa shape index (κ2) is 8.99. The number of aryl methyl sites for hydroxylation is 1. The molecule has 5 rings (SSSR count). The summed E-state index contributed by atoms with van der Waals surface area (Å²) in [5.41, 5.74) is 3.41. The first-order valence-electron chi connectivity index (χ1n) is 10.8. The van der Waals surface area contributed by atoms with E-state index in [-0.39, 0.29) is 0 Å². The van der Waals surface area contributed by atoms with Crippen molar-refractivity contribution in [2.45, 2.75) is 19.8 Å². The summed E-state index contributed by atoms with van der Waals surface area (Å²) in [6.45, 7) is 5.99. The second-order valence-electron chi connectivity index (χ2n) is 7.92. The summed E-state index contributed by atoms with van der Waals surface area (Å²) >= 11 is 1.45. The Kier molecular flexibility index (Phi) is 5.75. The van der Waals surface area contributed by atoms with Crippen LogP contribution in [0, 0.1) is 18.3 Å². The molecule has 1 fully saturated rings. The van der Waals surface area contributed by atoms with Crippen LogP contribution in [0.4, 0.5) is 11.6 Å². The monoisotopic (exact) mass is 444 g/mol. The van der Waals surface area contributed by atoms with Crippen LogP contribution in [0.15, 0.2) is 42.6 Å². The van der Waals surface area contributed by atoms with Gasteiger partial charge in [0.1, 0.15) is 28.9 Å². The maximum absolute atomic E-state index is 9.33. The molecule has 0 amide bonds. The van der Waals surface area contributed by atoms with Crippen LogP contribution in [-0.2, 0) is 0 Å². The standard InChI is InChI=1S/C24H24N6OS/c1-16-14-20(32-21(16)15-25)22-19-8-9-26-23(19)29-24(28-22)27-17-4-6-18(7-5-17)31-13-12-30-10-2-3-11-30/h4-9,14H,2-3,10-13H2,1H3,(H2,26,27,28,29).